The first-order valence-electron chi connectivity index (χ1n) is 5.59. The van der Waals surface area contributed by atoms with Crippen molar-refractivity contribution in [1.82, 2.24) is 9.97 Å². The molecule has 0 aliphatic carbocycles. The molecule has 0 aromatic carbocycles. The monoisotopic (exact) mass is 258 g/mol. The summed E-state index contributed by atoms with van der Waals surface area (Å²) in [4.78, 5) is 17.8. The molecule has 0 spiro atoms. The van der Waals surface area contributed by atoms with Gasteiger partial charge in [-0.05, 0) is 19.3 Å². The van der Waals surface area contributed by atoms with Crippen molar-refractivity contribution in [2.24, 2.45) is 11.7 Å². The van der Waals surface area contributed by atoms with Gasteiger partial charge in [-0.15, -0.1) is 0 Å². The van der Waals surface area contributed by atoms with Gasteiger partial charge in [-0.3, -0.25) is 4.79 Å². The first-order chi connectivity index (χ1) is 7.88. The van der Waals surface area contributed by atoms with Crippen LogP contribution >= 0.6 is 11.6 Å². The van der Waals surface area contributed by atoms with E-state index < -0.39 is 0 Å². The molecule has 0 bridgehead atoms. The Kier molecular flexibility index (Phi) is 4.54. The van der Waals surface area contributed by atoms with Gasteiger partial charge in [0, 0.05) is 12.1 Å². The second kappa shape index (κ2) is 5.51. The van der Waals surface area contributed by atoms with E-state index in [1.54, 1.807) is 0 Å². The van der Waals surface area contributed by atoms with Crippen LogP contribution in [-0.4, -0.2) is 22.1 Å². The van der Waals surface area contributed by atoms with Crippen molar-refractivity contribution in [1.29, 1.82) is 0 Å². The summed E-state index contributed by atoms with van der Waals surface area (Å²) in [6.45, 7) is 6.66. The van der Waals surface area contributed by atoms with Gasteiger partial charge in [0.15, 0.2) is 5.82 Å². The van der Waals surface area contributed by atoms with Crippen LogP contribution in [0.5, 0.6) is 0 Å². The van der Waals surface area contributed by atoms with E-state index in [9.17, 15) is 4.79 Å². The predicted octanol–water partition coefficient (Wildman–Crippen LogP) is 1.60. The second-order valence-corrected chi connectivity index (χ2v) is 5.26. The maximum atomic E-state index is 11.3. The van der Waals surface area contributed by atoms with Gasteiger partial charge in [0.05, 0.1) is 6.33 Å². The number of nitrogens with two attached hydrogens (primary N) is 1. The molecule has 96 valence electrons. The molecule has 0 saturated carbocycles. The smallest absolute Gasteiger partial charge is 0.271 e. The Balaban J connectivity index is 2.95. The molecule has 1 rings (SSSR count). The molecular formula is C11H19ClN4O. The van der Waals surface area contributed by atoms with Crippen LogP contribution in [-0.2, 0) is 0 Å². The van der Waals surface area contributed by atoms with Gasteiger partial charge < -0.3 is 16.0 Å². The fourth-order valence-electron chi connectivity index (χ4n) is 1.84. The lowest BCUT2D eigenvalue weighted by atomic mass is 9.91. The van der Waals surface area contributed by atoms with Crippen LogP contribution in [0.15, 0.2) is 11.1 Å². The zero-order chi connectivity index (χ0) is 13.1. The van der Waals surface area contributed by atoms with Gasteiger partial charge in [-0.25, -0.2) is 4.98 Å². The minimum absolute atomic E-state index is 0.0657. The van der Waals surface area contributed by atoms with Crippen molar-refractivity contribution in [2.75, 3.05) is 11.9 Å². The average Bonchev–Trinajstić information content (AvgIpc) is 2.24. The summed E-state index contributed by atoms with van der Waals surface area (Å²) in [6.07, 6.45) is 2.19. The lowest BCUT2D eigenvalue weighted by Gasteiger charge is -2.31. The number of H-pyrrole nitrogens is 1. The summed E-state index contributed by atoms with van der Waals surface area (Å²) in [5.74, 6) is 0.862. The van der Waals surface area contributed by atoms with Gasteiger partial charge in [0.25, 0.3) is 5.56 Å². The van der Waals surface area contributed by atoms with Crippen molar-refractivity contribution in [2.45, 2.75) is 32.7 Å². The van der Waals surface area contributed by atoms with Crippen molar-refractivity contribution in [3.8, 4) is 0 Å². The lowest BCUT2D eigenvalue weighted by Crippen LogP contribution is -2.44. The summed E-state index contributed by atoms with van der Waals surface area (Å²) in [5, 5.41) is 3.22. The Bertz CT molecular complexity index is 432. The number of halogens is 1. The minimum atomic E-state index is -0.354. The molecule has 1 aromatic heterocycles. The number of hydrogen-bond acceptors (Lipinski definition) is 4. The molecule has 1 aromatic rings. The first kappa shape index (κ1) is 14.0. The first-order valence-corrected chi connectivity index (χ1v) is 5.97. The molecule has 1 heterocycles. The number of aromatic amines is 1. The molecule has 0 fully saturated rings. The van der Waals surface area contributed by atoms with Crippen molar-refractivity contribution in [3.63, 3.8) is 0 Å². The van der Waals surface area contributed by atoms with E-state index in [0.29, 0.717) is 18.3 Å². The van der Waals surface area contributed by atoms with Crippen molar-refractivity contribution < 1.29 is 0 Å². The van der Waals surface area contributed by atoms with E-state index in [0.717, 1.165) is 6.42 Å². The highest BCUT2D eigenvalue weighted by Crippen LogP contribution is 2.23. The van der Waals surface area contributed by atoms with Crippen LogP contribution in [0.4, 0.5) is 5.82 Å². The number of aromatic nitrogens is 2. The molecule has 1 unspecified atom stereocenters. The fourth-order valence-corrected chi connectivity index (χ4v) is 1.99. The van der Waals surface area contributed by atoms with Crippen LogP contribution in [0.3, 0.4) is 0 Å². The predicted molar refractivity (Wildman–Crippen MR) is 70.4 cm³/mol. The highest BCUT2D eigenvalue weighted by Gasteiger charge is 2.25. The molecule has 0 saturated heterocycles. The Hall–Kier alpha value is -1.07. The summed E-state index contributed by atoms with van der Waals surface area (Å²) < 4.78 is 0. The number of rotatable bonds is 5. The van der Waals surface area contributed by atoms with E-state index >= 15 is 0 Å². The molecule has 4 N–H and O–H groups in total. The summed E-state index contributed by atoms with van der Waals surface area (Å²) >= 11 is 5.88. The molecule has 1 atom stereocenters. The van der Waals surface area contributed by atoms with E-state index in [1.807, 2.05) is 6.92 Å². The normalized spacial score (nSPS) is 14.7. The third kappa shape index (κ3) is 3.71. The van der Waals surface area contributed by atoms with Gasteiger partial charge >= 0.3 is 0 Å². The van der Waals surface area contributed by atoms with Crippen molar-refractivity contribution >= 4 is 17.4 Å². The zero-order valence-corrected chi connectivity index (χ0v) is 11.1. The molecule has 6 heteroatoms. The largest absolute Gasteiger partial charge is 0.362 e. The quantitative estimate of drug-likeness (QED) is 0.749. The summed E-state index contributed by atoms with van der Waals surface area (Å²) in [5.41, 5.74) is 5.10. The van der Waals surface area contributed by atoms with Gasteiger partial charge in [-0.2, -0.15) is 0 Å². The number of hydrogen-bond donors (Lipinski definition) is 3. The third-order valence-corrected chi connectivity index (χ3v) is 2.88. The number of anilines is 1. The summed E-state index contributed by atoms with van der Waals surface area (Å²) in [6, 6.07) is 0. The summed E-state index contributed by atoms with van der Waals surface area (Å²) in [7, 11) is 0. The highest BCUT2D eigenvalue weighted by atomic mass is 35.5. The maximum Gasteiger partial charge on any atom is 0.271 e. The van der Waals surface area contributed by atoms with Crippen LogP contribution in [0.2, 0.25) is 5.02 Å². The Morgan fingerprint density at radius 2 is 2.29 bits per heavy atom. The molecular weight excluding hydrogens is 240 g/mol. The van der Waals surface area contributed by atoms with Gasteiger partial charge in [0.2, 0.25) is 0 Å². The average molecular weight is 259 g/mol. The maximum absolute atomic E-state index is 11.3. The van der Waals surface area contributed by atoms with Crippen LogP contribution in [0.1, 0.15) is 27.2 Å². The molecule has 0 radical (unpaired) electrons. The number of nitrogens with one attached hydrogen (secondary N) is 2. The van der Waals surface area contributed by atoms with E-state index in [-0.39, 0.29) is 16.1 Å². The molecule has 5 nitrogen and oxygen atoms in total. The Labute approximate surface area is 106 Å². The van der Waals surface area contributed by atoms with Gasteiger partial charge in [0.1, 0.15) is 5.02 Å². The molecule has 17 heavy (non-hydrogen) atoms. The Morgan fingerprint density at radius 1 is 1.65 bits per heavy atom. The van der Waals surface area contributed by atoms with E-state index in [2.05, 4.69) is 29.1 Å². The van der Waals surface area contributed by atoms with Crippen molar-refractivity contribution in [3.05, 3.63) is 21.7 Å². The SMILES string of the molecule is CC(C)CC(C)(CN)Nc1nc[nH]c(=O)c1Cl. The van der Waals surface area contributed by atoms with Crippen LogP contribution < -0.4 is 16.6 Å². The zero-order valence-electron chi connectivity index (χ0n) is 10.4. The van der Waals surface area contributed by atoms with E-state index in [1.165, 1.54) is 6.33 Å². The molecule has 0 aliphatic rings. The van der Waals surface area contributed by atoms with Crippen LogP contribution in [0, 0.1) is 5.92 Å². The number of nitrogens with zero attached hydrogens (tertiary/aromatic N) is 1. The molecule has 0 aliphatic heterocycles. The minimum Gasteiger partial charge on any atom is -0.362 e. The van der Waals surface area contributed by atoms with Crippen LogP contribution in [0.25, 0.3) is 0 Å². The third-order valence-electron chi connectivity index (χ3n) is 2.53. The second-order valence-electron chi connectivity index (χ2n) is 4.88. The van der Waals surface area contributed by atoms with Gasteiger partial charge in [-0.1, -0.05) is 25.4 Å². The molecule has 0 amide bonds. The fraction of sp³-hybridized carbons (Fsp3) is 0.636. The Morgan fingerprint density at radius 3 is 2.82 bits per heavy atom. The standard InChI is InChI=1S/C11H19ClN4O/c1-7(2)4-11(3,5-13)16-9-8(12)10(17)15-6-14-9/h6-7H,4-5,13H2,1-3H3,(H2,14,15,16,17). The topological polar surface area (TPSA) is 83.8 Å². The highest BCUT2D eigenvalue weighted by molar-refractivity contribution is 6.32. The van der Waals surface area contributed by atoms with E-state index in [4.69, 9.17) is 17.3 Å². The lowest BCUT2D eigenvalue weighted by molar-refractivity contribution is 0.406.